The fourth-order valence-corrected chi connectivity index (χ4v) is 2.39. The zero-order valence-electron chi connectivity index (χ0n) is 13.3. The van der Waals surface area contributed by atoms with Crippen LogP contribution in [0, 0.1) is 6.92 Å². The first-order chi connectivity index (χ1) is 11.7. The van der Waals surface area contributed by atoms with Crippen LogP contribution in [0.2, 0.25) is 0 Å². The summed E-state index contributed by atoms with van der Waals surface area (Å²) in [6.07, 6.45) is -5.12. The van der Waals surface area contributed by atoms with Crippen molar-refractivity contribution in [1.82, 2.24) is 5.32 Å². The Kier molecular flexibility index (Phi) is 5.46. The number of carboxylic acids is 1. The number of amides is 1. The van der Waals surface area contributed by atoms with Crippen LogP contribution in [0.25, 0.3) is 0 Å². The van der Waals surface area contributed by atoms with Gasteiger partial charge in [0.15, 0.2) is 0 Å². The van der Waals surface area contributed by atoms with Crippen molar-refractivity contribution in [2.75, 3.05) is 0 Å². The van der Waals surface area contributed by atoms with Gasteiger partial charge in [-0.15, -0.1) is 0 Å². The normalized spacial score (nSPS) is 12.5. The molecule has 7 heteroatoms. The number of rotatable bonds is 5. The quantitative estimate of drug-likeness (QED) is 0.857. The van der Waals surface area contributed by atoms with Gasteiger partial charge in [-0.1, -0.05) is 42.0 Å². The molecule has 1 unspecified atom stereocenters. The maximum Gasteiger partial charge on any atom is 0.417 e. The molecule has 0 aliphatic heterocycles. The number of alkyl halides is 3. The van der Waals surface area contributed by atoms with E-state index in [4.69, 9.17) is 5.11 Å². The molecule has 0 heterocycles. The SMILES string of the molecule is Cc1ccc(C(CC(=O)O)NC(=O)c2ccccc2C(F)(F)F)cc1. The van der Waals surface area contributed by atoms with Crippen LogP contribution in [0.1, 0.15) is 39.5 Å². The van der Waals surface area contributed by atoms with Gasteiger partial charge in [-0.05, 0) is 24.6 Å². The predicted octanol–water partition coefficient (Wildman–Crippen LogP) is 3.96. The summed E-state index contributed by atoms with van der Waals surface area (Å²) in [6, 6.07) is 10.2. The Morgan fingerprint density at radius 2 is 1.68 bits per heavy atom. The highest BCUT2D eigenvalue weighted by molar-refractivity contribution is 5.96. The summed E-state index contributed by atoms with van der Waals surface area (Å²) >= 11 is 0. The van der Waals surface area contributed by atoms with Crippen LogP contribution < -0.4 is 5.32 Å². The first kappa shape index (κ1) is 18.5. The monoisotopic (exact) mass is 351 g/mol. The van der Waals surface area contributed by atoms with E-state index in [0.29, 0.717) is 5.56 Å². The van der Waals surface area contributed by atoms with Gasteiger partial charge in [-0.2, -0.15) is 13.2 Å². The van der Waals surface area contributed by atoms with Crippen molar-refractivity contribution < 1.29 is 27.9 Å². The first-order valence-electron chi connectivity index (χ1n) is 7.44. The minimum atomic E-state index is -4.68. The lowest BCUT2D eigenvalue weighted by atomic mass is 10.0. The minimum Gasteiger partial charge on any atom is -0.481 e. The van der Waals surface area contributed by atoms with Gasteiger partial charge in [0, 0.05) is 0 Å². The molecule has 0 aromatic heterocycles. The van der Waals surface area contributed by atoms with E-state index >= 15 is 0 Å². The Labute approximate surface area is 142 Å². The molecule has 0 spiro atoms. The third-order valence-electron chi connectivity index (χ3n) is 3.64. The van der Waals surface area contributed by atoms with E-state index in [1.807, 2.05) is 6.92 Å². The number of halogens is 3. The van der Waals surface area contributed by atoms with E-state index in [1.54, 1.807) is 24.3 Å². The number of aryl methyl sites for hydroxylation is 1. The summed E-state index contributed by atoms with van der Waals surface area (Å²) in [6.45, 7) is 1.84. The van der Waals surface area contributed by atoms with Crippen LogP contribution in [0.15, 0.2) is 48.5 Å². The molecule has 4 nitrogen and oxygen atoms in total. The van der Waals surface area contributed by atoms with Gasteiger partial charge < -0.3 is 10.4 Å². The molecule has 2 N–H and O–H groups in total. The average Bonchev–Trinajstić information content (AvgIpc) is 2.53. The summed E-state index contributed by atoms with van der Waals surface area (Å²) in [5.74, 6) is -2.14. The second-order valence-electron chi connectivity index (χ2n) is 5.58. The van der Waals surface area contributed by atoms with Gasteiger partial charge in [0.05, 0.1) is 23.6 Å². The van der Waals surface area contributed by atoms with Crippen molar-refractivity contribution >= 4 is 11.9 Å². The number of benzene rings is 2. The second-order valence-corrected chi connectivity index (χ2v) is 5.58. The molecular formula is C18H16F3NO3. The van der Waals surface area contributed by atoms with Gasteiger partial charge in [0.25, 0.3) is 5.91 Å². The highest BCUT2D eigenvalue weighted by Crippen LogP contribution is 2.32. The van der Waals surface area contributed by atoms with Gasteiger partial charge in [0.1, 0.15) is 0 Å². The second kappa shape index (κ2) is 7.38. The number of carbonyl (C=O) groups excluding carboxylic acids is 1. The molecule has 132 valence electrons. The molecule has 2 rings (SSSR count). The van der Waals surface area contributed by atoms with Crippen molar-refractivity contribution in [3.05, 3.63) is 70.8 Å². The van der Waals surface area contributed by atoms with Crippen LogP contribution in [0.5, 0.6) is 0 Å². The van der Waals surface area contributed by atoms with E-state index in [9.17, 15) is 22.8 Å². The molecule has 0 aliphatic rings. The third-order valence-corrected chi connectivity index (χ3v) is 3.64. The Bertz CT molecular complexity index is 770. The number of hydrogen-bond donors (Lipinski definition) is 2. The van der Waals surface area contributed by atoms with E-state index in [0.717, 1.165) is 17.7 Å². The largest absolute Gasteiger partial charge is 0.481 e. The molecular weight excluding hydrogens is 335 g/mol. The smallest absolute Gasteiger partial charge is 0.417 e. The van der Waals surface area contributed by atoms with Gasteiger partial charge >= 0.3 is 12.1 Å². The fourth-order valence-electron chi connectivity index (χ4n) is 2.39. The van der Waals surface area contributed by atoms with E-state index in [-0.39, 0.29) is 0 Å². The number of nitrogens with one attached hydrogen (secondary N) is 1. The maximum absolute atomic E-state index is 13.0. The standard InChI is InChI=1S/C18H16F3NO3/c1-11-6-8-12(9-7-11)15(10-16(23)24)22-17(25)13-4-2-3-5-14(13)18(19,20)21/h2-9,15H,10H2,1H3,(H,22,25)(H,23,24). The highest BCUT2D eigenvalue weighted by atomic mass is 19.4. The summed E-state index contributed by atoms with van der Waals surface area (Å²) < 4.78 is 39.1. The number of carboxylic acid groups (broad SMARTS) is 1. The Hall–Kier alpha value is -2.83. The van der Waals surface area contributed by atoms with Crippen LogP contribution >= 0.6 is 0 Å². The lowest BCUT2D eigenvalue weighted by Crippen LogP contribution is -2.31. The zero-order chi connectivity index (χ0) is 18.6. The lowest BCUT2D eigenvalue weighted by molar-refractivity contribution is -0.139. The molecule has 2 aromatic carbocycles. The highest BCUT2D eigenvalue weighted by Gasteiger charge is 2.35. The maximum atomic E-state index is 13.0. The van der Waals surface area contributed by atoms with Gasteiger partial charge in [-0.25, -0.2) is 0 Å². The van der Waals surface area contributed by atoms with Crippen molar-refractivity contribution in [2.24, 2.45) is 0 Å². The summed E-state index contributed by atoms with van der Waals surface area (Å²) in [4.78, 5) is 23.4. The molecule has 0 saturated carbocycles. The first-order valence-corrected chi connectivity index (χ1v) is 7.44. The molecule has 0 fully saturated rings. The Morgan fingerprint density at radius 3 is 2.24 bits per heavy atom. The fraction of sp³-hybridized carbons (Fsp3) is 0.222. The summed E-state index contributed by atoms with van der Waals surface area (Å²) in [7, 11) is 0. The average molecular weight is 351 g/mol. The molecule has 0 saturated heterocycles. The van der Waals surface area contributed by atoms with Crippen LogP contribution in [-0.4, -0.2) is 17.0 Å². The Balaban J connectivity index is 2.32. The molecule has 2 aromatic rings. The zero-order valence-corrected chi connectivity index (χ0v) is 13.3. The Morgan fingerprint density at radius 1 is 1.08 bits per heavy atom. The molecule has 1 atom stereocenters. The van der Waals surface area contributed by atoms with Crippen LogP contribution in [0.3, 0.4) is 0 Å². The van der Waals surface area contributed by atoms with Crippen molar-refractivity contribution in [2.45, 2.75) is 25.6 Å². The van der Waals surface area contributed by atoms with Crippen LogP contribution in [-0.2, 0) is 11.0 Å². The lowest BCUT2D eigenvalue weighted by Gasteiger charge is -2.19. The molecule has 0 aliphatic carbocycles. The third kappa shape index (κ3) is 4.82. The van der Waals surface area contributed by atoms with Crippen molar-refractivity contribution in [1.29, 1.82) is 0 Å². The predicted molar refractivity (Wildman–Crippen MR) is 85.1 cm³/mol. The molecule has 25 heavy (non-hydrogen) atoms. The van der Waals surface area contributed by atoms with Crippen molar-refractivity contribution in [3.63, 3.8) is 0 Å². The van der Waals surface area contributed by atoms with E-state index in [2.05, 4.69) is 5.32 Å². The summed E-state index contributed by atoms with van der Waals surface area (Å²) in [5.41, 5.74) is -0.166. The molecule has 0 bridgehead atoms. The number of hydrogen-bond acceptors (Lipinski definition) is 2. The number of aliphatic carboxylic acids is 1. The summed E-state index contributed by atoms with van der Waals surface area (Å²) in [5, 5.41) is 11.4. The van der Waals surface area contributed by atoms with Crippen molar-refractivity contribution in [3.8, 4) is 0 Å². The minimum absolute atomic E-state index is 0.441. The van der Waals surface area contributed by atoms with E-state index in [1.165, 1.54) is 12.1 Å². The number of carbonyl (C=O) groups is 2. The van der Waals surface area contributed by atoms with Gasteiger partial charge in [-0.3, -0.25) is 9.59 Å². The molecule has 0 radical (unpaired) electrons. The van der Waals surface area contributed by atoms with Gasteiger partial charge in [0.2, 0.25) is 0 Å². The van der Waals surface area contributed by atoms with E-state index < -0.39 is 41.6 Å². The molecule has 1 amide bonds. The van der Waals surface area contributed by atoms with Crippen LogP contribution in [0.4, 0.5) is 13.2 Å². The topological polar surface area (TPSA) is 66.4 Å².